The molecule has 3 aromatic heterocycles. The first-order chi connectivity index (χ1) is 16.9. The maximum atomic E-state index is 14.3. The predicted molar refractivity (Wildman–Crippen MR) is 127 cm³/mol. The van der Waals surface area contributed by atoms with E-state index < -0.39 is 11.9 Å². The van der Waals surface area contributed by atoms with Gasteiger partial charge in [-0.3, -0.25) is 14.4 Å². The van der Waals surface area contributed by atoms with Gasteiger partial charge >= 0.3 is 0 Å². The standard InChI is InChI=1S/C24H24FN9O/c1-15(31-18-5-8-33(14-27)9-6-18)23(32-28)17-10-21-30-13-19(12-26)34(21)22(11-17)35-16(2)24-20(25)4-3-7-29-24/h3-4,7,10-11,13,16,18H,5-6,8-9,28H2,1-2H3/b31-15?,32-23+/t16-/m1/s1. The van der Waals surface area contributed by atoms with Gasteiger partial charge in [0.15, 0.2) is 6.19 Å². The van der Waals surface area contributed by atoms with Gasteiger partial charge in [-0.1, -0.05) is 0 Å². The molecule has 35 heavy (non-hydrogen) atoms. The van der Waals surface area contributed by atoms with Crippen LogP contribution in [-0.4, -0.2) is 49.8 Å². The van der Waals surface area contributed by atoms with E-state index >= 15 is 0 Å². The minimum Gasteiger partial charge on any atom is -0.469 e. The van der Waals surface area contributed by atoms with Crippen LogP contribution in [0.3, 0.4) is 0 Å². The zero-order valence-electron chi connectivity index (χ0n) is 19.4. The third kappa shape index (κ3) is 4.89. The molecule has 1 atom stereocenters. The van der Waals surface area contributed by atoms with E-state index in [2.05, 4.69) is 27.3 Å². The molecule has 4 rings (SSSR count). The van der Waals surface area contributed by atoms with Crippen molar-refractivity contribution in [1.29, 1.82) is 10.5 Å². The van der Waals surface area contributed by atoms with Crippen LogP contribution in [0.25, 0.3) is 5.65 Å². The van der Waals surface area contributed by atoms with Gasteiger partial charge in [-0.25, -0.2) is 9.37 Å². The molecule has 0 radical (unpaired) electrons. The summed E-state index contributed by atoms with van der Waals surface area (Å²) in [6.45, 7) is 4.81. The first kappa shape index (κ1) is 23.6. The van der Waals surface area contributed by atoms with Crippen molar-refractivity contribution in [2.24, 2.45) is 15.9 Å². The highest BCUT2D eigenvalue weighted by molar-refractivity contribution is 6.47. The molecule has 1 fully saturated rings. The fourth-order valence-corrected chi connectivity index (χ4v) is 4.12. The Bertz CT molecular complexity index is 1370. The van der Waals surface area contributed by atoms with E-state index in [1.807, 2.05) is 6.92 Å². The summed E-state index contributed by atoms with van der Waals surface area (Å²) in [6, 6.07) is 8.37. The number of aliphatic imine (C=N–C) groups is 1. The van der Waals surface area contributed by atoms with E-state index in [-0.39, 0.29) is 23.3 Å². The summed E-state index contributed by atoms with van der Waals surface area (Å²) in [4.78, 5) is 14.9. The van der Waals surface area contributed by atoms with E-state index in [0.29, 0.717) is 35.7 Å². The lowest BCUT2D eigenvalue weighted by molar-refractivity contribution is 0.204. The highest BCUT2D eigenvalue weighted by Gasteiger charge is 2.22. The average Bonchev–Trinajstić information content (AvgIpc) is 3.28. The van der Waals surface area contributed by atoms with E-state index in [9.17, 15) is 9.65 Å². The smallest absolute Gasteiger partial charge is 0.201 e. The second-order valence-corrected chi connectivity index (χ2v) is 8.17. The van der Waals surface area contributed by atoms with Gasteiger partial charge in [0.2, 0.25) is 5.88 Å². The molecule has 3 aromatic rings. The van der Waals surface area contributed by atoms with E-state index in [1.165, 1.54) is 24.5 Å². The molecule has 0 amide bonds. The van der Waals surface area contributed by atoms with Crippen LogP contribution < -0.4 is 10.6 Å². The summed E-state index contributed by atoms with van der Waals surface area (Å²) in [5.74, 6) is 5.54. The average molecular weight is 474 g/mol. The number of pyridine rings is 2. The monoisotopic (exact) mass is 473 g/mol. The van der Waals surface area contributed by atoms with E-state index in [0.717, 1.165) is 12.8 Å². The van der Waals surface area contributed by atoms with Crippen molar-refractivity contribution in [1.82, 2.24) is 19.3 Å². The lowest BCUT2D eigenvalue weighted by atomic mass is 10.0. The lowest BCUT2D eigenvalue weighted by Crippen LogP contribution is -2.32. The Morgan fingerprint density at radius 1 is 1.29 bits per heavy atom. The molecular formula is C24H24FN9O. The van der Waals surface area contributed by atoms with Gasteiger partial charge in [0.25, 0.3) is 0 Å². The number of nitriles is 2. The van der Waals surface area contributed by atoms with Gasteiger partial charge in [0.1, 0.15) is 40.7 Å². The molecule has 0 spiro atoms. The summed E-state index contributed by atoms with van der Waals surface area (Å²) in [5.41, 5.74) is 2.51. The Labute approximate surface area is 201 Å². The minimum atomic E-state index is -0.748. The van der Waals surface area contributed by atoms with E-state index in [4.69, 9.17) is 20.8 Å². The summed E-state index contributed by atoms with van der Waals surface area (Å²) >= 11 is 0. The van der Waals surface area contributed by atoms with Crippen LogP contribution in [-0.2, 0) is 0 Å². The van der Waals surface area contributed by atoms with Crippen LogP contribution in [0.15, 0.2) is 46.8 Å². The molecule has 0 saturated carbocycles. The Kier molecular flexibility index (Phi) is 6.88. The molecule has 0 aromatic carbocycles. The summed E-state index contributed by atoms with van der Waals surface area (Å²) < 4.78 is 21.9. The van der Waals surface area contributed by atoms with Gasteiger partial charge in [0, 0.05) is 30.9 Å². The molecule has 1 saturated heterocycles. The number of nitrogens with two attached hydrogens (primary N) is 1. The number of fused-ring (bicyclic) bond motifs is 1. The summed E-state index contributed by atoms with van der Waals surface area (Å²) in [7, 11) is 0. The van der Waals surface area contributed by atoms with Crippen LogP contribution in [0.5, 0.6) is 5.88 Å². The zero-order valence-corrected chi connectivity index (χ0v) is 19.4. The third-order valence-electron chi connectivity index (χ3n) is 5.88. The number of aromatic nitrogens is 3. The van der Waals surface area contributed by atoms with Crippen LogP contribution in [0.4, 0.5) is 4.39 Å². The number of likely N-dealkylation sites (tertiary alicyclic amines) is 1. The number of nitrogens with zero attached hydrogens (tertiary/aromatic N) is 8. The second-order valence-electron chi connectivity index (χ2n) is 8.17. The van der Waals surface area contributed by atoms with Crippen molar-refractivity contribution in [3.63, 3.8) is 0 Å². The van der Waals surface area contributed by atoms with Gasteiger partial charge in [-0.05, 0) is 44.9 Å². The van der Waals surface area contributed by atoms with E-state index in [1.54, 1.807) is 28.4 Å². The molecule has 11 heteroatoms. The zero-order chi connectivity index (χ0) is 24.9. The van der Waals surface area contributed by atoms with Crippen molar-refractivity contribution in [3.05, 3.63) is 59.4 Å². The number of hydrogen-bond acceptors (Lipinski definition) is 9. The molecule has 178 valence electrons. The maximum Gasteiger partial charge on any atom is 0.201 e. The Hall–Kier alpha value is -4.51. The molecule has 1 aliphatic heterocycles. The SMILES string of the molecule is CC(=NC1CCN(C#N)CC1)/C(=N\N)c1cc(O[C@H](C)c2ncccc2F)n2c(C#N)cnc2c1. The number of imidazole rings is 1. The Morgan fingerprint density at radius 2 is 2.06 bits per heavy atom. The van der Waals surface area contributed by atoms with Crippen molar-refractivity contribution in [3.8, 4) is 18.1 Å². The number of rotatable bonds is 6. The minimum absolute atomic E-state index is 0.0552. The molecule has 0 unspecified atom stereocenters. The topological polar surface area (TPSA) is 141 Å². The van der Waals surface area contributed by atoms with Gasteiger partial charge in [-0.2, -0.15) is 15.6 Å². The van der Waals surface area contributed by atoms with Crippen molar-refractivity contribution in [2.75, 3.05) is 13.1 Å². The number of hydrogen-bond donors (Lipinski definition) is 1. The Balaban J connectivity index is 1.70. The number of halogens is 1. The normalized spacial score (nSPS) is 16.1. The number of ether oxygens (including phenoxy) is 1. The molecular weight excluding hydrogens is 449 g/mol. The fraction of sp³-hybridized carbons (Fsp3) is 0.333. The van der Waals surface area contributed by atoms with Crippen LogP contribution in [0.2, 0.25) is 0 Å². The maximum absolute atomic E-state index is 14.3. The highest BCUT2D eigenvalue weighted by atomic mass is 19.1. The lowest BCUT2D eigenvalue weighted by Gasteiger charge is -2.26. The summed E-state index contributed by atoms with van der Waals surface area (Å²) in [6.07, 6.45) is 5.86. The molecule has 10 nitrogen and oxygen atoms in total. The molecule has 1 aliphatic rings. The Morgan fingerprint density at radius 3 is 2.71 bits per heavy atom. The third-order valence-corrected chi connectivity index (χ3v) is 5.88. The predicted octanol–water partition coefficient (Wildman–Crippen LogP) is 2.95. The fourth-order valence-electron chi connectivity index (χ4n) is 4.12. The van der Waals surface area contributed by atoms with Gasteiger partial charge < -0.3 is 15.5 Å². The summed E-state index contributed by atoms with van der Waals surface area (Å²) in [5, 5.41) is 22.6. The van der Waals surface area contributed by atoms with Crippen molar-refractivity contribution >= 4 is 17.1 Å². The largest absolute Gasteiger partial charge is 0.469 e. The highest BCUT2D eigenvalue weighted by Crippen LogP contribution is 2.27. The van der Waals surface area contributed by atoms with Crippen molar-refractivity contribution in [2.45, 2.75) is 38.8 Å². The van der Waals surface area contributed by atoms with Crippen LogP contribution >= 0.6 is 0 Å². The number of hydrazone groups is 1. The molecule has 4 heterocycles. The quantitative estimate of drug-likeness (QED) is 0.251. The van der Waals surface area contributed by atoms with Crippen LogP contribution in [0, 0.1) is 28.6 Å². The first-order valence-corrected chi connectivity index (χ1v) is 11.1. The van der Waals surface area contributed by atoms with Crippen LogP contribution in [0.1, 0.15) is 49.7 Å². The molecule has 2 N–H and O–H groups in total. The molecule has 0 aliphatic carbocycles. The van der Waals surface area contributed by atoms with Crippen molar-refractivity contribution < 1.29 is 9.13 Å². The first-order valence-electron chi connectivity index (χ1n) is 11.1. The van der Waals surface area contributed by atoms with Gasteiger partial charge in [-0.15, -0.1) is 0 Å². The molecule has 0 bridgehead atoms. The number of piperidine rings is 1. The van der Waals surface area contributed by atoms with Gasteiger partial charge in [0.05, 0.1) is 18.0 Å². The second kappa shape index (κ2) is 10.2.